The molecule has 2 amide bonds. The van der Waals surface area contributed by atoms with E-state index in [0.717, 1.165) is 50.9 Å². The molecule has 5 aromatic rings. The number of halogens is 1. The number of nitrogens with two attached hydrogens (primary N) is 1. The lowest BCUT2D eigenvalue weighted by Crippen LogP contribution is -2.47. The number of nitrogens with one attached hydrogen (secondary N) is 3. The Morgan fingerprint density at radius 2 is 1.76 bits per heavy atom. The zero-order valence-corrected chi connectivity index (χ0v) is 28.5. The van der Waals surface area contributed by atoms with Crippen LogP contribution in [0.5, 0.6) is 0 Å². The van der Waals surface area contributed by atoms with Gasteiger partial charge in [0.15, 0.2) is 0 Å². The molecule has 7 rings (SSSR count). The molecule has 2 aliphatic rings. The minimum Gasteiger partial charge on any atom is -0.394 e. The summed E-state index contributed by atoms with van der Waals surface area (Å²) >= 11 is 7.17. The van der Waals surface area contributed by atoms with E-state index < -0.39 is 12.6 Å². The van der Waals surface area contributed by atoms with Gasteiger partial charge in [0.1, 0.15) is 11.7 Å². The summed E-state index contributed by atoms with van der Waals surface area (Å²) in [5.41, 5.74) is 15.8. The van der Waals surface area contributed by atoms with E-state index in [0.29, 0.717) is 48.6 Å². The molecule has 6 N–H and O–H groups in total. The fourth-order valence-corrected chi connectivity index (χ4v) is 7.43. The van der Waals surface area contributed by atoms with Crippen LogP contribution in [-0.2, 0) is 29.0 Å². The molecule has 256 valence electrons. The monoisotopic (exact) mass is 690 g/mol. The highest BCUT2D eigenvalue weighted by Crippen LogP contribution is 2.41. The molecule has 0 bridgehead atoms. The zero-order valence-electron chi connectivity index (χ0n) is 27.7. The van der Waals surface area contributed by atoms with Gasteiger partial charge in [-0.2, -0.15) is 0 Å². The molecule has 50 heavy (non-hydrogen) atoms. The summed E-state index contributed by atoms with van der Waals surface area (Å²) in [4.78, 5) is 41.6. The fraction of sp³-hybridized carbons (Fsp3) is 0.282. The van der Waals surface area contributed by atoms with Crippen LogP contribution in [0.4, 0.5) is 0 Å². The molecule has 1 aliphatic carbocycles. The van der Waals surface area contributed by atoms with Crippen LogP contribution in [0.3, 0.4) is 0 Å². The number of amides is 2. The first kappa shape index (κ1) is 33.6. The second kappa shape index (κ2) is 14.2. The first-order chi connectivity index (χ1) is 24.2. The molecule has 2 aromatic heterocycles. The molecule has 3 atom stereocenters. The van der Waals surface area contributed by atoms with Crippen LogP contribution in [0, 0.1) is 6.92 Å². The summed E-state index contributed by atoms with van der Waals surface area (Å²) < 4.78 is 1.56. The predicted molar refractivity (Wildman–Crippen MR) is 195 cm³/mol. The van der Waals surface area contributed by atoms with Crippen molar-refractivity contribution in [2.45, 2.75) is 57.3 Å². The van der Waals surface area contributed by atoms with Crippen molar-refractivity contribution in [1.29, 1.82) is 0 Å². The quantitative estimate of drug-likeness (QED) is 0.149. The van der Waals surface area contributed by atoms with E-state index in [9.17, 15) is 19.5 Å². The van der Waals surface area contributed by atoms with E-state index >= 15 is 0 Å². The largest absolute Gasteiger partial charge is 0.394 e. The second-order valence-corrected chi connectivity index (χ2v) is 13.6. The Bertz CT molecular complexity index is 2180. The van der Waals surface area contributed by atoms with Gasteiger partial charge in [0.05, 0.1) is 11.6 Å². The summed E-state index contributed by atoms with van der Waals surface area (Å²) in [7, 11) is 0. The van der Waals surface area contributed by atoms with Crippen molar-refractivity contribution in [2.75, 3.05) is 13.2 Å². The van der Waals surface area contributed by atoms with Gasteiger partial charge in [0, 0.05) is 60.7 Å². The van der Waals surface area contributed by atoms with E-state index in [-0.39, 0.29) is 29.5 Å². The first-order valence-corrected chi connectivity index (χ1v) is 17.3. The number of hydrogen-bond acceptors (Lipinski definition) is 7. The number of nitrogens with zero attached hydrogens (tertiary/aromatic N) is 2. The molecule has 3 aromatic carbocycles. The van der Waals surface area contributed by atoms with Crippen LogP contribution in [0.1, 0.15) is 35.1 Å². The lowest BCUT2D eigenvalue weighted by atomic mass is 9.91. The number of aromatic nitrogens is 2. The van der Waals surface area contributed by atoms with Crippen molar-refractivity contribution < 1.29 is 14.7 Å². The molecule has 1 aliphatic heterocycles. The summed E-state index contributed by atoms with van der Waals surface area (Å²) in [6, 6.07) is 21.4. The van der Waals surface area contributed by atoms with Crippen molar-refractivity contribution >= 4 is 29.1 Å². The van der Waals surface area contributed by atoms with Gasteiger partial charge in [-0.15, -0.1) is 0 Å². The topological polar surface area (TPSA) is 151 Å². The third-order valence-electron chi connectivity index (χ3n) is 9.84. The van der Waals surface area contributed by atoms with Gasteiger partial charge < -0.3 is 26.8 Å². The van der Waals surface area contributed by atoms with Crippen molar-refractivity contribution in [3.63, 3.8) is 0 Å². The molecule has 3 heterocycles. The maximum Gasteiger partial charge on any atom is 0.262 e. The molecule has 0 spiro atoms. The van der Waals surface area contributed by atoms with Crippen LogP contribution < -0.4 is 27.2 Å². The molecule has 1 saturated heterocycles. The summed E-state index contributed by atoms with van der Waals surface area (Å²) in [6.45, 7) is 2.66. The van der Waals surface area contributed by atoms with Gasteiger partial charge in [0.25, 0.3) is 5.56 Å². The molecule has 0 radical (unpaired) electrons. The van der Waals surface area contributed by atoms with Crippen LogP contribution in [0.25, 0.3) is 39.0 Å². The minimum atomic E-state index is -0.929. The third-order valence-corrected chi connectivity index (χ3v) is 10.2. The van der Waals surface area contributed by atoms with E-state index in [1.165, 1.54) is 5.56 Å². The maximum atomic E-state index is 13.3. The Kier molecular flexibility index (Phi) is 9.52. The number of carbonyl (C=O) groups is 2. The number of rotatable bonds is 10. The summed E-state index contributed by atoms with van der Waals surface area (Å²) in [6.07, 6.45) is 6.12. The molecule has 1 fully saturated rings. The SMILES string of the molecule is Cc1c(-c2ccn3c(=O)c(CNC[C@@H]4CCC(=O)N4)cnc3c2)cccc1-c1cccc(-c2ccc3c(c2)CC(NC(=O)C(N)CO)C3)c1Cl. The fourth-order valence-electron chi connectivity index (χ4n) is 7.10. The highest BCUT2D eigenvalue weighted by atomic mass is 35.5. The van der Waals surface area contributed by atoms with Crippen LogP contribution in [0.2, 0.25) is 5.02 Å². The molecular weight excluding hydrogens is 652 g/mol. The Morgan fingerprint density at radius 3 is 2.54 bits per heavy atom. The van der Waals surface area contributed by atoms with Gasteiger partial charge in [-0.05, 0) is 77.3 Å². The second-order valence-electron chi connectivity index (χ2n) is 13.2. The Morgan fingerprint density at radius 1 is 1.02 bits per heavy atom. The van der Waals surface area contributed by atoms with Gasteiger partial charge in [-0.1, -0.05) is 66.2 Å². The van der Waals surface area contributed by atoms with Crippen molar-refractivity contribution in [1.82, 2.24) is 25.3 Å². The van der Waals surface area contributed by atoms with E-state index in [2.05, 4.69) is 58.2 Å². The Balaban J connectivity index is 1.12. The summed E-state index contributed by atoms with van der Waals surface area (Å²) in [5.74, 6) is -0.280. The van der Waals surface area contributed by atoms with E-state index in [4.69, 9.17) is 17.3 Å². The Labute approximate surface area is 294 Å². The first-order valence-electron chi connectivity index (χ1n) is 16.9. The average Bonchev–Trinajstić information content (AvgIpc) is 3.73. The number of aliphatic hydroxyl groups excluding tert-OH is 1. The van der Waals surface area contributed by atoms with Gasteiger partial charge >= 0.3 is 0 Å². The van der Waals surface area contributed by atoms with Gasteiger partial charge in [0.2, 0.25) is 11.8 Å². The van der Waals surface area contributed by atoms with E-state index in [1.54, 1.807) is 16.8 Å². The van der Waals surface area contributed by atoms with Gasteiger partial charge in [-0.25, -0.2) is 4.98 Å². The smallest absolute Gasteiger partial charge is 0.262 e. The predicted octanol–water partition coefficient (Wildman–Crippen LogP) is 3.93. The lowest BCUT2D eigenvalue weighted by Gasteiger charge is -2.16. The van der Waals surface area contributed by atoms with Crippen LogP contribution in [-0.4, -0.2) is 57.6 Å². The lowest BCUT2D eigenvalue weighted by molar-refractivity contribution is -0.123. The molecule has 0 saturated carbocycles. The number of fused-ring (bicyclic) bond motifs is 2. The average molecular weight is 691 g/mol. The van der Waals surface area contributed by atoms with Crippen molar-refractivity contribution in [3.8, 4) is 33.4 Å². The van der Waals surface area contributed by atoms with Crippen LogP contribution >= 0.6 is 11.6 Å². The highest BCUT2D eigenvalue weighted by Gasteiger charge is 2.26. The van der Waals surface area contributed by atoms with Crippen molar-refractivity contribution in [3.05, 3.63) is 117 Å². The Hall–Kier alpha value is -4.87. The number of pyridine rings is 1. The number of benzene rings is 3. The van der Waals surface area contributed by atoms with Crippen LogP contribution in [0.15, 0.2) is 83.9 Å². The molecular formula is C39H39ClN6O4. The minimum absolute atomic E-state index is 0.0684. The number of hydrogen-bond donors (Lipinski definition) is 5. The third kappa shape index (κ3) is 6.67. The molecule has 11 heteroatoms. The molecule has 2 unspecified atom stereocenters. The summed E-state index contributed by atoms with van der Waals surface area (Å²) in [5, 5.41) is 19.0. The van der Waals surface area contributed by atoms with E-state index in [1.807, 2.05) is 36.4 Å². The normalized spacial score (nSPS) is 17.5. The highest BCUT2D eigenvalue weighted by molar-refractivity contribution is 6.36. The number of carbonyl (C=O) groups excluding carboxylic acids is 2. The van der Waals surface area contributed by atoms with Gasteiger partial charge in [-0.3, -0.25) is 18.8 Å². The zero-order chi connectivity index (χ0) is 34.9. The van der Waals surface area contributed by atoms with Crippen molar-refractivity contribution in [2.24, 2.45) is 5.73 Å². The maximum absolute atomic E-state index is 13.3. The number of aliphatic hydroxyl groups is 1. The standard InChI is InChI=1S/C39H39ClN6O4/c1-22-30(25-12-13-46-35(17-25)43-19-27(39(46)50)18-42-20-28-10-11-36(48)44-28)4-2-5-31(22)33-7-3-6-32(37(33)40)24-9-8-23-15-29(16-26(23)14-24)45-38(49)34(41)21-47/h2-9,12-14,17,19,28-29,34,42,47H,10-11,15-16,18,20-21,41H2,1H3,(H,44,48)(H,45,49)/t28-,29?,34?/m0/s1. The molecule has 10 nitrogen and oxygen atoms in total.